The van der Waals surface area contributed by atoms with Gasteiger partial charge in [-0.15, -0.1) is 0 Å². The van der Waals surface area contributed by atoms with Crippen molar-refractivity contribution in [3.05, 3.63) is 59.0 Å². The summed E-state index contributed by atoms with van der Waals surface area (Å²) in [5.41, 5.74) is 2.59. The molecule has 1 heterocycles. The molecule has 2 aromatic rings. The van der Waals surface area contributed by atoms with Gasteiger partial charge in [0.1, 0.15) is 0 Å². The molecule has 0 spiro atoms. The second kappa shape index (κ2) is 7.37. The van der Waals surface area contributed by atoms with Crippen molar-refractivity contribution in [1.82, 2.24) is 5.32 Å². The van der Waals surface area contributed by atoms with Gasteiger partial charge in [0.15, 0.2) is 0 Å². The minimum absolute atomic E-state index is 0.568. The second-order valence-electron chi connectivity index (χ2n) is 4.84. The highest BCUT2D eigenvalue weighted by Gasteiger charge is 2.11. The van der Waals surface area contributed by atoms with E-state index in [0.717, 1.165) is 31.0 Å². The molecule has 3 heteroatoms. The molecule has 0 aliphatic rings. The van der Waals surface area contributed by atoms with E-state index in [9.17, 15) is 0 Å². The normalized spacial score (nSPS) is 12.5. The highest BCUT2D eigenvalue weighted by molar-refractivity contribution is 6.30. The van der Waals surface area contributed by atoms with Crippen molar-refractivity contribution in [2.75, 3.05) is 13.1 Å². The molecule has 1 atom stereocenters. The zero-order valence-electron chi connectivity index (χ0n) is 11.2. The molecule has 1 unspecified atom stereocenters. The molecule has 1 aromatic carbocycles. The number of hydrogen-bond acceptors (Lipinski definition) is 2. The van der Waals surface area contributed by atoms with E-state index in [1.54, 1.807) is 6.26 Å². The van der Waals surface area contributed by atoms with Crippen LogP contribution >= 0.6 is 11.6 Å². The molecule has 2 rings (SSSR count). The number of benzene rings is 1. The van der Waals surface area contributed by atoms with Crippen LogP contribution < -0.4 is 5.32 Å². The quantitative estimate of drug-likeness (QED) is 0.829. The minimum Gasteiger partial charge on any atom is -0.472 e. The summed E-state index contributed by atoms with van der Waals surface area (Å²) in [5.74, 6) is 0.568. The summed E-state index contributed by atoms with van der Waals surface area (Å²) in [4.78, 5) is 0. The Morgan fingerprint density at radius 2 is 1.84 bits per heavy atom. The maximum atomic E-state index is 5.92. The zero-order valence-corrected chi connectivity index (χ0v) is 12.0. The summed E-state index contributed by atoms with van der Waals surface area (Å²) in [6.07, 6.45) is 5.66. The third kappa shape index (κ3) is 4.73. The van der Waals surface area contributed by atoms with Gasteiger partial charge in [-0.05, 0) is 61.2 Å². The summed E-state index contributed by atoms with van der Waals surface area (Å²) in [6, 6.07) is 10.2. The Hall–Kier alpha value is -1.25. The van der Waals surface area contributed by atoms with Crippen molar-refractivity contribution in [3.63, 3.8) is 0 Å². The predicted octanol–water partition coefficient (Wildman–Crippen LogP) is 3.94. The number of hydrogen-bond donors (Lipinski definition) is 1. The first-order chi connectivity index (χ1) is 9.28. The van der Waals surface area contributed by atoms with Crippen LogP contribution in [-0.2, 0) is 12.8 Å². The highest BCUT2D eigenvalue weighted by Crippen LogP contribution is 2.17. The van der Waals surface area contributed by atoms with E-state index < -0.39 is 0 Å². The van der Waals surface area contributed by atoms with Gasteiger partial charge in [0, 0.05) is 5.02 Å². The van der Waals surface area contributed by atoms with Crippen LogP contribution in [0.1, 0.15) is 18.1 Å². The van der Waals surface area contributed by atoms with Crippen molar-refractivity contribution in [1.29, 1.82) is 0 Å². The van der Waals surface area contributed by atoms with Gasteiger partial charge in [-0.1, -0.05) is 30.7 Å². The third-order valence-corrected chi connectivity index (χ3v) is 3.48. The van der Waals surface area contributed by atoms with Crippen LogP contribution in [-0.4, -0.2) is 13.1 Å². The van der Waals surface area contributed by atoms with Gasteiger partial charge < -0.3 is 9.73 Å². The lowest BCUT2D eigenvalue weighted by Crippen LogP contribution is -2.25. The molecule has 0 bridgehead atoms. The fourth-order valence-electron chi connectivity index (χ4n) is 2.26. The average Bonchev–Trinajstić information content (AvgIpc) is 2.91. The topological polar surface area (TPSA) is 25.2 Å². The Labute approximate surface area is 119 Å². The molecule has 0 fully saturated rings. The summed E-state index contributed by atoms with van der Waals surface area (Å²) >= 11 is 5.92. The van der Waals surface area contributed by atoms with Gasteiger partial charge in [-0.3, -0.25) is 0 Å². The second-order valence-corrected chi connectivity index (χ2v) is 5.28. The number of halogens is 1. The molecular weight excluding hydrogens is 258 g/mol. The van der Waals surface area contributed by atoms with E-state index in [4.69, 9.17) is 16.0 Å². The maximum absolute atomic E-state index is 5.92. The molecule has 0 amide bonds. The summed E-state index contributed by atoms with van der Waals surface area (Å²) < 4.78 is 5.15. The molecule has 1 N–H and O–H groups in total. The predicted molar refractivity (Wildman–Crippen MR) is 79.6 cm³/mol. The first-order valence-electron chi connectivity index (χ1n) is 6.74. The highest BCUT2D eigenvalue weighted by atomic mass is 35.5. The minimum atomic E-state index is 0.568. The fourth-order valence-corrected chi connectivity index (χ4v) is 2.39. The Bertz CT molecular complexity index is 464. The Morgan fingerprint density at radius 1 is 1.11 bits per heavy atom. The number of nitrogens with one attached hydrogen (secondary N) is 1. The fraction of sp³-hybridized carbons (Fsp3) is 0.375. The largest absolute Gasteiger partial charge is 0.472 e. The number of rotatable bonds is 7. The summed E-state index contributed by atoms with van der Waals surface area (Å²) in [6.45, 7) is 4.16. The van der Waals surface area contributed by atoms with E-state index >= 15 is 0 Å². The molecule has 0 saturated heterocycles. The monoisotopic (exact) mass is 277 g/mol. The summed E-state index contributed by atoms with van der Waals surface area (Å²) in [7, 11) is 0. The lowest BCUT2D eigenvalue weighted by atomic mass is 9.93. The van der Waals surface area contributed by atoms with Crippen LogP contribution in [0.5, 0.6) is 0 Å². The maximum Gasteiger partial charge on any atom is 0.0934 e. The smallest absolute Gasteiger partial charge is 0.0934 e. The van der Waals surface area contributed by atoms with Crippen LogP contribution in [0.3, 0.4) is 0 Å². The Balaban J connectivity index is 1.98. The van der Waals surface area contributed by atoms with Crippen molar-refractivity contribution in [2.24, 2.45) is 5.92 Å². The van der Waals surface area contributed by atoms with Crippen LogP contribution in [0.25, 0.3) is 0 Å². The zero-order chi connectivity index (χ0) is 13.5. The van der Waals surface area contributed by atoms with Crippen LogP contribution in [0.2, 0.25) is 5.02 Å². The van der Waals surface area contributed by atoms with Gasteiger partial charge in [0.05, 0.1) is 12.5 Å². The molecule has 0 aliphatic heterocycles. The van der Waals surface area contributed by atoms with E-state index in [1.807, 2.05) is 24.5 Å². The SMILES string of the molecule is CCNCC(Cc1ccc(Cl)cc1)Cc1ccoc1. The Morgan fingerprint density at radius 3 is 2.47 bits per heavy atom. The van der Waals surface area contributed by atoms with Crippen LogP contribution in [0.15, 0.2) is 47.3 Å². The van der Waals surface area contributed by atoms with Gasteiger partial charge in [-0.25, -0.2) is 0 Å². The van der Waals surface area contributed by atoms with E-state index in [2.05, 4.69) is 24.4 Å². The molecule has 102 valence electrons. The summed E-state index contributed by atoms with van der Waals surface area (Å²) in [5, 5.41) is 4.23. The average molecular weight is 278 g/mol. The first kappa shape index (κ1) is 14.2. The first-order valence-corrected chi connectivity index (χ1v) is 7.12. The van der Waals surface area contributed by atoms with Crippen LogP contribution in [0, 0.1) is 5.92 Å². The van der Waals surface area contributed by atoms with Gasteiger partial charge in [0.25, 0.3) is 0 Å². The van der Waals surface area contributed by atoms with E-state index in [1.165, 1.54) is 11.1 Å². The van der Waals surface area contributed by atoms with Gasteiger partial charge in [0.2, 0.25) is 0 Å². The third-order valence-electron chi connectivity index (χ3n) is 3.23. The molecule has 2 nitrogen and oxygen atoms in total. The Kier molecular flexibility index (Phi) is 5.49. The lowest BCUT2D eigenvalue weighted by molar-refractivity contribution is 0.474. The van der Waals surface area contributed by atoms with E-state index in [0.29, 0.717) is 5.92 Å². The molecule has 0 saturated carbocycles. The molecule has 19 heavy (non-hydrogen) atoms. The van der Waals surface area contributed by atoms with Gasteiger partial charge >= 0.3 is 0 Å². The molecule has 0 radical (unpaired) electrons. The van der Waals surface area contributed by atoms with Crippen molar-refractivity contribution in [3.8, 4) is 0 Å². The standard InChI is InChI=1S/C16H20ClNO/c1-2-18-11-15(10-14-7-8-19-12-14)9-13-3-5-16(17)6-4-13/h3-8,12,15,18H,2,9-11H2,1H3. The molecular formula is C16H20ClNO. The van der Waals surface area contributed by atoms with Gasteiger partial charge in [-0.2, -0.15) is 0 Å². The number of furan rings is 1. The van der Waals surface area contributed by atoms with Crippen LogP contribution in [0.4, 0.5) is 0 Å². The van der Waals surface area contributed by atoms with Crippen molar-refractivity contribution < 1.29 is 4.42 Å². The molecule has 0 aliphatic carbocycles. The lowest BCUT2D eigenvalue weighted by Gasteiger charge is -2.16. The van der Waals surface area contributed by atoms with Crippen molar-refractivity contribution in [2.45, 2.75) is 19.8 Å². The van der Waals surface area contributed by atoms with E-state index in [-0.39, 0.29) is 0 Å². The van der Waals surface area contributed by atoms with Crippen molar-refractivity contribution >= 4 is 11.6 Å². The molecule has 1 aromatic heterocycles.